The standard InChI is InChI=1S/C28H49N3O8SSi2/c1-18-14-31(25(33)30(23(18)32)15-19-12-13-19)24-22(38-42(10,11)27(5,6)7)28(20(29)17-40(34,35)39-28)21(37-24)16-36-41(8,9)26(2,3)4/h14,17,19,21-22,24H,12-13,15-16,29H2,1-11H3/t21-,22+,24-,28?/m1/s1. The van der Waals surface area contributed by atoms with Gasteiger partial charge in [-0.05, 0) is 61.9 Å². The van der Waals surface area contributed by atoms with Gasteiger partial charge in [-0.15, -0.1) is 0 Å². The maximum atomic E-state index is 13.9. The number of hydrogen-bond donors (Lipinski definition) is 1. The Kier molecular flexibility index (Phi) is 8.35. The number of aromatic nitrogens is 2. The van der Waals surface area contributed by atoms with Crippen molar-refractivity contribution in [3.05, 3.63) is 43.7 Å². The predicted octanol–water partition coefficient (Wildman–Crippen LogP) is 3.94. The highest BCUT2D eigenvalue weighted by Crippen LogP contribution is 2.52. The van der Waals surface area contributed by atoms with Crippen LogP contribution < -0.4 is 17.0 Å². The van der Waals surface area contributed by atoms with Gasteiger partial charge in [0.05, 0.1) is 17.7 Å². The highest BCUT2D eigenvalue weighted by atomic mass is 32.2. The van der Waals surface area contributed by atoms with Gasteiger partial charge >= 0.3 is 5.69 Å². The summed E-state index contributed by atoms with van der Waals surface area (Å²) in [7, 11) is -9.19. The summed E-state index contributed by atoms with van der Waals surface area (Å²) in [5.74, 6) is 0.272. The molecule has 238 valence electrons. The molecule has 0 radical (unpaired) electrons. The molecule has 1 aromatic heterocycles. The first-order chi connectivity index (χ1) is 18.9. The number of aryl methyl sites for hydroxylation is 1. The third kappa shape index (κ3) is 5.92. The van der Waals surface area contributed by atoms with Crippen LogP contribution in [-0.2, 0) is 34.4 Å². The fourth-order valence-electron chi connectivity index (χ4n) is 4.87. The second-order valence-corrected chi connectivity index (χ2v) is 26.1. The minimum Gasteiger partial charge on any atom is -0.414 e. The van der Waals surface area contributed by atoms with Crippen molar-refractivity contribution in [2.45, 2.75) is 128 Å². The first-order valence-electron chi connectivity index (χ1n) is 14.7. The Bertz CT molecular complexity index is 1480. The van der Waals surface area contributed by atoms with Gasteiger partial charge in [0.1, 0.15) is 12.2 Å². The maximum Gasteiger partial charge on any atom is 0.333 e. The first-order valence-corrected chi connectivity index (χ1v) is 22.0. The molecule has 0 bridgehead atoms. The number of rotatable bonds is 8. The molecule has 0 amide bonds. The van der Waals surface area contributed by atoms with E-state index in [-0.39, 0.29) is 33.9 Å². The lowest BCUT2D eigenvalue weighted by atomic mass is 9.89. The molecule has 2 fully saturated rings. The van der Waals surface area contributed by atoms with Gasteiger partial charge in [0.15, 0.2) is 28.5 Å². The molecule has 11 nitrogen and oxygen atoms in total. The average Bonchev–Trinajstić information content (AvgIpc) is 3.54. The van der Waals surface area contributed by atoms with E-state index in [0.29, 0.717) is 12.1 Å². The molecule has 2 aliphatic heterocycles. The quantitative estimate of drug-likeness (QED) is 0.329. The number of hydrogen-bond acceptors (Lipinski definition) is 9. The molecule has 3 heterocycles. The van der Waals surface area contributed by atoms with Crippen molar-refractivity contribution < 1.29 is 26.2 Å². The molecule has 2 N–H and O–H groups in total. The summed E-state index contributed by atoms with van der Waals surface area (Å²) >= 11 is 0. The summed E-state index contributed by atoms with van der Waals surface area (Å²) in [5, 5.41) is 0.490. The van der Waals surface area contributed by atoms with Gasteiger partial charge in [-0.1, -0.05) is 41.5 Å². The lowest BCUT2D eigenvalue weighted by Crippen LogP contribution is -2.59. The molecule has 4 rings (SSSR count). The molecule has 1 spiro atoms. The lowest BCUT2D eigenvalue weighted by molar-refractivity contribution is -0.0567. The van der Waals surface area contributed by atoms with Crippen LogP contribution in [-0.4, -0.2) is 58.6 Å². The van der Waals surface area contributed by atoms with E-state index in [4.69, 9.17) is 23.5 Å². The zero-order valence-electron chi connectivity index (χ0n) is 26.9. The number of nitrogens with two attached hydrogens (primary N) is 1. The lowest BCUT2D eigenvalue weighted by Gasteiger charge is -2.43. The van der Waals surface area contributed by atoms with Crippen molar-refractivity contribution in [3.8, 4) is 0 Å². The van der Waals surface area contributed by atoms with Crippen LogP contribution in [0, 0.1) is 12.8 Å². The Labute approximate surface area is 251 Å². The number of nitrogens with zero attached hydrogens (tertiary/aromatic N) is 2. The third-order valence-corrected chi connectivity index (χ3v) is 19.9. The first kappa shape index (κ1) is 33.3. The monoisotopic (exact) mass is 643 g/mol. The molecule has 1 saturated heterocycles. The molecule has 14 heteroatoms. The van der Waals surface area contributed by atoms with Gasteiger partial charge in [0.2, 0.25) is 0 Å². The largest absolute Gasteiger partial charge is 0.414 e. The normalized spacial score (nSPS) is 28.5. The van der Waals surface area contributed by atoms with E-state index >= 15 is 0 Å². The Morgan fingerprint density at radius 2 is 1.62 bits per heavy atom. The van der Waals surface area contributed by atoms with Crippen LogP contribution in [0.2, 0.25) is 36.3 Å². The minimum absolute atomic E-state index is 0.0239. The smallest absolute Gasteiger partial charge is 0.333 e. The predicted molar refractivity (Wildman–Crippen MR) is 167 cm³/mol. The Balaban J connectivity index is 1.92. The van der Waals surface area contributed by atoms with Crippen molar-refractivity contribution in [2.24, 2.45) is 11.7 Å². The van der Waals surface area contributed by atoms with E-state index in [1.54, 1.807) is 6.92 Å². The van der Waals surface area contributed by atoms with Crippen LogP contribution in [0.5, 0.6) is 0 Å². The Morgan fingerprint density at radius 1 is 1.05 bits per heavy atom. The Morgan fingerprint density at radius 3 is 2.10 bits per heavy atom. The second-order valence-electron chi connectivity index (χ2n) is 15.2. The van der Waals surface area contributed by atoms with Crippen molar-refractivity contribution >= 4 is 26.8 Å². The van der Waals surface area contributed by atoms with Gasteiger partial charge in [0.25, 0.3) is 15.7 Å². The van der Waals surface area contributed by atoms with Gasteiger partial charge in [-0.3, -0.25) is 13.9 Å². The highest BCUT2D eigenvalue weighted by molar-refractivity contribution is 7.90. The fourth-order valence-corrected chi connectivity index (χ4v) is 8.38. The van der Waals surface area contributed by atoms with E-state index in [1.165, 1.54) is 15.3 Å². The molecule has 42 heavy (non-hydrogen) atoms. The van der Waals surface area contributed by atoms with E-state index in [1.807, 2.05) is 13.1 Å². The summed E-state index contributed by atoms with van der Waals surface area (Å²) < 4.78 is 54.5. The molecule has 3 aliphatic rings. The summed E-state index contributed by atoms with van der Waals surface area (Å²) in [5.41, 5.74) is 4.18. The second kappa shape index (κ2) is 10.5. The van der Waals surface area contributed by atoms with Crippen molar-refractivity contribution in [2.75, 3.05) is 6.61 Å². The van der Waals surface area contributed by atoms with Crippen LogP contribution in [0.1, 0.15) is 66.2 Å². The molecular weight excluding hydrogens is 595 g/mol. The minimum atomic E-state index is -4.19. The van der Waals surface area contributed by atoms with E-state index in [0.717, 1.165) is 18.2 Å². The summed E-state index contributed by atoms with van der Waals surface area (Å²) in [4.78, 5) is 27.0. The van der Waals surface area contributed by atoms with Crippen LogP contribution in [0.4, 0.5) is 0 Å². The Hall–Kier alpha value is -1.56. The number of ether oxygens (including phenoxy) is 1. The van der Waals surface area contributed by atoms with Gasteiger partial charge in [-0.25, -0.2) is 8.98 Å². The van der Waals surface area contributed by atoms with Crippen molar-refractivity contribution in [1.29, 1.82) is 0 Å². The van der Waals surface area contributed by atoms with E-state index in [9.17, 15) is 18.0 Å². The molecular formula is C28H49N3O8SSi2. The third-order valence-electron chi connectivity index (χ3n) is 9.85. The summed E-state index contributed by atoms with van der Waals surface area (Å²) in [6.45, 7) is 22.7. The van der Waals surface area contributed by atoms with Crippen LogP contribution >= 0.6 is 0 Å². The van der Waals surface area contributed by atoms with Crippen LogP contribution in [0.15, 0.2) is 26.9 Å². The average molecular weight is 644 g/mol. The van der Waals surface area contributed by atoms with Crippen LogP contribution in [0.25, 0.3) is 0 Å². The zero-order valence-corrected chi connectivity index (χ0v) is 29.8. The highest BCUT2D eigenvalue weighted by Gasteiger charge is 2.67. The van der Waals surface area contributed by atoms with Gasteiger partial charge in [-0.2, -0.15) is 8.42 Å². The van der Waals surface area contributed by atoms with Gasteiger partial charge < -0.3 is 19.3 Å². The molecule has 0 aromatic carbocycles. The van der Waals surface area contributed by atoms with Gasteiger partial charge in [0, 0.05) is 18.3 Å². The molecule has 1 aliphatic carbocycles. The topological polar surface area (TPSA) is 141 Å². The zero-order chi connectivity index (χ0) is 31.8. The SMILES string of the molecule is Cc1cn([C@@H]2O[C@H](CO[Si](C)(C)C(C)(C)C)C3(OS(=O)(=O)C=C3N)[C@H]2O[Si](C)(C)C(C)(C)C)c(=O)n(CC2CC2)c1=O. The fraction of sp³-hybridized carbons (Fsp3) is 0.786. The van der Waals surface area contributed by atoms with Crippen LogP contribution in [0.3, 0.4) is 0 Å². The molecule has 1 aromatic rings. The molecule has 1 unspecified atom stereocenters. The summed E-state index contributed by atoms with van der Waals surface area (Å²) in [6, 6.07) is 0. The molecule has 1 saturated carbocycles. The van der Waals surface area contributed by atoms with Crippen molar-refractivity contribution in [1.82, 2.24) is 9.13 Å². The van der Waals surface area contributed by atoms with E-state index < -0.39 is 56.5 Å². The van der Waals surface area contributed by atoms with Crippen molar-refractivity contribution in [3.63, 3.8) is 0 Å². The molecule has 4 atom stereocenters. The van der Waals surface area contributed by atoms with E-state index in [2.05, 4.69) is 54.6 Å². The maximum absolute atomic E-state index is 13.9. The summed E-state index contributed by atoms with van der Waals surface area (Å²) in [6.07, 6.45) is 0.110.